The van der Waals surface area contributed by atoms with Gasteiger partial charge in [0.25, 0.3) is 0 Å². The van der Waals surface area contributed by atoms with Gasteiger partial charge in [-0.05, 0) is 18.4 Å². The molecule has 0 aliphatic carbocycles. The summed E-state index contributed by atoms with van der Waals surface area (Å²) in [5.74, 6) is -0.129. The summed E-state index contributed by atoms with van der Waals surface area (Å²) in [6.45, 7) is 2.02. The minimum atomic E-state index is -0.536. The Morgan fingerprint density at radius 3 is 2.75 bits per heavy atom. The molecular weight excluding hydrogens is 270 g/mol. The maximum atomic E-state index is 12.2. The molecule has 3 N–H and O–H groups in total. The van der Waals surface area contributed by atoms with Gasteiger partial charge in [-0.2, -0.15) is 0 Å². The summed E-state index contributed by atoms with van der Waals surface area (Å²) in [5.41, 5.74) is 7.04. The van der Waals surface area contributed by atoms with Gasteiger partial charge in [0, 0.05) is 11.6 Å². The molecular formula is C15H19N3OS. The molecule has 0 spiro atoms. The zero-order chi connectivity index (χ0) is 14.4. The normalized spacial score (nSPS) is 13.7. The van der Waals surface area contributed by atoms with Crippen LogP contribution in [0.5, 0.6) is 0 Å². The molecule has 20 heavy (non-hydrogen) atoms. The Morgan fingerprint density at radius 1 is 1.40 bits per heavy atom. The first-order valence-corrected chi connectivity index (χ1v) is 7.58. The van der Waals surface area contributed by atoms with Crippen molar-refractivity contribution < 1.29 is 4.79 Å². The van der Waals surface area contributed by atoms with Gasteiger partial charge in [-0.15, -0.1) is 11.3 Å². The van der Waals surface area contributed by atoms with Crippen LogP contribution >= 0.6 is 11.3 Å². The van der Waals surface area contributed by atoms with E-state index in [0.29, 0.717) is 6.42 Å². The number of carbonyl (C=O) groups excluding carboxylic acids is 1. The zero-order valence-electron chi connectivity index (χ0n) is 11.5. The Kier molecular flexibility index (Phi) is 5.26. The number of benzene rings is 1. The second kappa shape index (κ2) is 7.17. The van der Waals surface area contributed by atoms with Crippen molar-refractivity contribution in [2.24, 2.45) is 5.73 Å². The topological polar surface area (TPSA) is 68.0 Å². The molecule has 2 unspecified atom stereocenters. The van der Waals surface area contributed by atoms with Crippen LogP contribution in [0.25, 0.3) is 0 Å². The lowest BCUT2D eigenvalue weighted by Crippen LogP contribution is -2.43. The van der Waals surface area contributed by atoms with Gasteiger partial charge < -0.3 is 11.1 Å². The van der Waals surface area contributed by atoms with Crippen LogP contribution < -0.4 is 11.1 Å². The number of carbonyl (C=O) groups is 1. The second-order valence-corrected chi connectivity index (χ2v) is 5.56. The Hall–Kier alpha value is -1.72. The first-order valence-electron chi connectivity index (χ1n) is 6.70. The van der Waals surface area contributed by atoms with Gasteiger partial charge in [0.1, 0.15) is 5.01 Å². The quantitative estimate of drug-likeness (QED) is 0.857. The minimum absolute atomic E-state index is 0.0516. The van der Waals surface area contributed by atoms with Gasteiger partial charge in [0.05, 0.1) is 12.1 Å². The van der Waals surface area contributed by atoms with Crippen molar-refractivity contribution in [3.8, 4) is 0 Å². The van der Waals surface area contributed by atoms with E-state index in [1.54, 1.807) is 17.5 Å². The number of nitrogens with zero attached hydrogens (tertiary/aromatic N) is 1. The van der Waals surface area contributed by atoms with Crippen molar-refractivity contribution in [1.82, 2.24) is 10.3 Å². The molecule has 1 heterocycles. The molecule has 106 valence electrons. The van der Waals surface area contributed by atoms with Crippen molar-refractivity contribution in [1.29, 1.82) is 0 Å². The van der Waals surface area contributed by atoms with E-state index in [9.17, 15) is 4.79 Å². The summed E-state index contributed by atoms with van der Waals surface area (Å²) in [4.78, 5) is 16.4. The smallest absolute Gasteiger partial charge is 0.237 e. The Morgan fingerprint density at radius 2 is 2.15 bits per heavy atom. The molecule has 5 heteroatoms. The van der Waals surface area contributed by atoms with E-state index in [1.807, 2.05) is 42.6 Å². The van der Waals surface area contributed by atoms with Gasteiger partial charge in [-0.1, -0.05) is 37.3 Å². The van der Waals surface area contributed by atoms with Gasteiger partial charge in [0.2, 0.25) is 5.91 Å². The Bertz CT molecular complexity index is 527. The van der Waals surface area contributed by atoms with Crippen LogP contribution in [-0.4, -0.2) is 16.9 Å². The summed E-state index contributed by atoms with van der Waals surface area (Å²) in [6, 6.07) is 9.21. The molecule has 0 aliphatic heterocycles. The summed E-state index contributed by atoms with van der Waals surface area (Å²) in [6.07, 6.45) is 3.09. The van der Waals surface area contributed by atoms with E-state index in [1.165, 1.54) is 0 Å². The lowest BCUT2D eigenvalue weighted by Gasteiger charge is -2.18. The lowest BCUT2D eigenvalue weighted by molar-refractivity contribution is -0.123. The third-order valence-electron chi connectivity index (χ3n) is 3.11. The van der Waals surface area contributed by atoms with Crippen LogP contribution in [0, 0.1) is 0 Å². The van der Waals surface area contributed by atoms with Gasteiger partial charge in [-0.3, -0.25) is 4.79 Å². The average molecular weight is 289 g/mol. The lowest BCUT2D eigenvalue weighted by atomic mass is 10.1. The highest BCUT2D eigenvalue weighted by molar-refractivity contribution is 7.09. The van der Waals surface area contributed by atoms with Crippen LogP contribution in [0.1, 0.15) is 30.0 Å². The highest BCUT2D eigenvalue weighted by Crippen LogP contribution is 2.18. The molecule has 0 aliphatic rings. The molecule has 0 saturated carbocycles. The number of thiazole rings is 1. The van der Waals surface area contributed by atoms with Crippen molar-refractivity contribution in [3.63, 3.8) is 0 Å². The van der Waals surface area contributed by atoms with Gasteiger partial charge >= 0.3 is 0 Å². The average Bonchev–Trinajstić information content (AvgIpc) is 2.99. The number of hydrogen-bond donors (Lipinski definition) is 2. The number of nitrogens with one attached hydrogen (secondary N) is 1. The molecule has 1 aromatic heterocycles. The maximum Gasteiger partial charge on any atom is 0.237 e. The fourth-order valence-corrected chi connectivity index (χ4v) is 2.76. The van der Waals surface area contributed by atoms with E-state index < -0.39 is 6.04 Å². The molecule has 1 amide bonds. The van der Waals surface area contributed by atoms with Crippen molar-refractivity contribution in [3.05, 3.63) is 52.5 Å². The summed E-state index contributed by atoms with van der Waals surface area (Å²) in [7, 11) is 0. The number of amides is 1. The number of rotatable bonds is 6. The first kappa shape index (κ1) is 14.7. The Balaban J connectivity index is 1.93. The van der Waals surface area contributed by atoms with E-state index >= 15 is 0 Å². The molecule has 4 nitrogen and oxygen atoms in total. The number of hydrogen-bond acceptors (Lipinski definition) is 4. The molecule has 2 rings (SSSR count). The molecule has 0 radical (unpaired) electrons. The Labute approximate surface area is 123 Å². The highest BCUT2D eigenvalue weighted by Gasteiger charge is 2.19. The number of aromatic nitrogens is 1. The third-order valence-corrected chi connectivity index (χ3v) is 4.00. The highest BCUT2D eigenvalue weighted by atomic mass is 32.1. The van der Waals surface area contributed by atoms with Crippen LogP contribution in [0.3, 0.4) is 0 Å². The van der Waals surface area contributed by atoms with Gasteiger partial charge in [-0.25, -0.2) is 4.98 Å². The van der Waals surface area contributed by atoms with Crippen molar-refractivity contribution in [2.75, 3.05) is 0 Å². The third kappa shape index (κ3) is 3.88. The fraction of sp³-hybridized carbons (Fsp3) is 0.333. The largest absolute Gasteiger partial charge is 0.346 e. The molecule has 0 saturated heterocycles. The van der Waals surface area contributed by atoms with E-state index in [4.69, 9.17) is 5.73 Å². The number of nitrogens with two attached hydrogens (primary N) is 1. The van der Waals surface area contributed by atoms with E-state index in [2.05, 4.69) is 10.3 Å². The summed E-state index contributed by atoms with van der Waals surface area (Å²) < 4.78 is 0. The molecule has 0 fully saturated rings. The van der Waals surface area contributed by atoms with E-state index in [-0.39, 0.29) is 11.9 Å². The SMILES string of the molecule is CCC(NC(=O)C(N)Cc1ccccc1)c1nccs1. The standard InChI is InChI=1S/C15H19N3OS/c1-2-13(15-17-8-9-20-15)18-14(19)12(16)10-11-6-4-3-5-7-11/h3-9,12-13H,2,10,16H2,1H3,(H,18,19). The van der Waals surface area contributed by atoms with Crippen LogP contribution in [0.2, 0.25) is 0 Å². The van der Waals surface area contributed by atoms with E-state index in [0.717, 1.165) is 17.0 Å². The van der Waals surface area contributed by atoms with Crippen molar-refractivity contribution in [2.45, 2.75) is 31.8 Å². The van der Waals surface area contributed by atoms with Crippen LogP contribution in [0.4, 0.5) is 0 Å². The van der Waals surface area contributed by atoms with Gasteiger partial charge in [0.15, 0.2) is 0 Å². The monoisotopic (exact) mass is 289 g/mol. The maximum absolute atomic E-state index is 12.2. The molecule has 1 aromatic carbocycles. The second-order valence-electron chi connectivity index (χ2n) is 4.64. The predicted molar refractivity (Wildman–Crippen MR) is 81.4 cm³/mol. The summed E-state index contributed by atoms with van der Waals surface area (Å²) >= 11 is 1.55. The molecule has 2 aromatic rings. The molecule has 2 atom stereocenters. The molecule has 0 bridgehead atoms. The minimum Gasteiger partial charge on any atom is -0.346 e. The van der Waals surface area contributed by atoms with Crippen LogP contribution in [-0.2, 0) is 11.2 Å². The first-order chi connectivity index (χ1) is 9.70. The van der Waals surface area contributed by atoms with Crippen LogP contribution in [0.15, 0.2) is 41.9 Å². The zero-order valence-corrected chi connectivity index (χ0v) is 12.3. The van der Waals surface area contributed by atoms with Crippen molar-refractivity contribution >= 4 is 17.2 Å². The fourth-order valence-electron chi connectivity index (χ4n) is 1.98. The summed E-state index contributed by atoms with van der Waals surface area (Å²) in [5, 5.41) is 5.81. The predicted octanol–water partition coefficient (Wildman–Crippen LogP) is 2.28.